The van der Waals surface area contributed by atoms with Gasteiger partial charge >= 0.3 is 0 Å². The number of amides is 1. The maximum Gasteiger partial charge on any atom is 0.257 e. The van der Waals surface area contributed by atoms with Crippen LogP contribution in [0.2, 0.25) is 0 Å². The summed E-state index contributed by atoms with van der Waals surface area (Å²) in [4.78, 5) is 10.3. The molecular formula is C5H8N2O. The number of hydrazine groups is 1. The fourth-order valence-electron chi connectivity index (χ4n) is 0.506. The molecule has 44 valence electrons. The zero-order valence-corrected chi connectivity index (χ0v) is 4.64. The third-order valence-corrected chi connectivity index (χ3v) is 0.959. The monoisotopic (exact) mass is 112 g/mol. The number of carbonyl (C=O) groups is 1. The van der Waals surface area contributed by atoms with Gasteiger partial charge in [0.2, 0.25) is 0 Å². The molecule has 1 aliphatic rings. The smallest absolute Gasteiger partial charge is 0.257 e. The highest BCUT2D eigenvalue weighted by molar-refractivity contribution is 5.87. The van der Waals surface area contributed by atoms with Crippen LogP contribution in [0.25, 0.3) is 0 Å². The number of nitrogens with one attached hydrogen (secondary N) is 2. The average Bonchev–Trinajstić information content (AvgIpc) is 1.77. The van der Waals surface area contributed by atoms with Crippen LogP contribution in [0.4, 0.5) is 0 Å². The molecule has 0 saturated heterocycles. The van der Waals surface area contributed by atoms with E-state index in [1.807, 2.05) is 6.92 Å². The first-order chi connectivity index (χ1) is 3.79. The molecule has 8 heavy (non-hydrogen) atoms. The highest BCUT2D eigenvalue weighted by Crippen LogP contribution is 1.86. The highest BCUT2D eigenvalue weighted by Gasteiger charge is 2.03. The van der Waals surface area contributed by atoms with Gasteiger partial charge in [0, 0.05) is 12.1 Å². The first kappa shape index (κ1) is 5.31. The molecule has 0 aromatic rings. The van der Waals surface area contributed by atoms with E-state index in [4.69, 9.17) is 0 Å². The topological polar surface area (TPSA) is 41.1 Å². The van der Waals surface area contributed by atoms with Crippen molar-refractivity contribution in [2.24, 2.45) is 0 Å². The van der Waals surface area contributed by atoms with Crippen molar-refractivity contribution < 1.29 is 4.79 Å². The third kappa shape index (κ3) is 1.07. The lowest BCUT2D eigenvalue weighted by Gasteiger charge is -2.13. The van der Waals surface area contributed by atoms with Crippen LogP contribution >= 0.6 is 0 Å². The van der Waals surface area contributed by atoms with Crippen LogP contribution in [0.5, 0.6) is 0 Å². The van der Waals surface area contributed by atoms with Gasteiger partial charge in [-0.3, -0.25) is 10.2 Å². The second-order valence-corrected chi connectivity index (χ2v) is 1.78. The number of hydrogen-bond acceptors (Lipinski definition) is 2. The van der Waals surface area contributed by atoms with Crippen molar-refractivity contribution in [3.05, 3.63) is 12.2 Å². The molecule has 1 rings (SSSR count). The number of hydrogen-bond donors (Lipinski definition) is 2. The summed E-state index contributed by atoms with van der Waals surface area (Å²) in [5, 5.41) is 0. The highest BCUT2D eigenvalue weighted by atomic mass is 16.2. The summed E-state index contributed by atoms with van der Waals surface area (Å²) < 4.78 is 0. The van der Waals surface area contributed by atoms with Crippen LogP contribution in [0.1, 0.15) is 6.92 Å². The van der Waals surface area contributed by atoms with E-state index in [9.17, 15) is 4.79 Å². The van der Waals surface area contributed by atoms with Crippen molar-refractivity contribution in [3.8, 4) is 0 Å². The van der Waals surface area contributed by atoms with E-state index in [0.717, 1.165) is 0 Å². The predicted molar refractivity (Wildman–Crippen MR) is 29.9 cm³/mol. The minimum atomic E-state index is -0.0805. The van der Waals surface area contributed by atoms with Gasteiger partial charge in [-0.25, -0.2) is 5.43 Å². The summed E-state index contributed by atoms with van der Waals surface area (Å²) in [5.41, 5.74) is 5.20. The van der Waals surface area contributed by atoms with E-state index in [2.05, 4.69) is 10.9 Å². The molecule has 0 spiro atoms. The second kappa shape index (κ2) is 1.96. The Hall–Kier alpha value is -0.830. The van der Waals surface area contributed by atoms with Gasteiger partial charge in [-0.2, -0.15) is 0 Å². The van der Waals surface area contributed by atoms with Crippen LogP contribution in [0, 0.1) is 0 Å². The van der Waals surface area contributed by atoms with Gasteiger partial charge < -0.3 is 0 Å². The first-order valence-corrected chi connectivity index (χ1v) is 2.53. The average molecular weight is 112 g/mol. The molecule has 3 nitrogen and oxygen atoms in total. The van der Waals surface area contributed by atoms with Gasteiger partial charge in [-0.05, 0) is 6.92 Å². The lowest BCUT2D eigenvalue weighted by Crippen LogP contribution is -2.44. The van der Waals surface area contributed by atoms with E-state index < -0.39 is 0 Å². The fraction of sp³-hybridized carbons (Fsp3) is 0.400. The largest absolute Gasteiger partial charge is 0.287 e. The summed E-state index contributed by atoms with van der Waals surface area (Å²) >= 11 is 0. The Morgan fingerprint density at radius 3 is 2.88 bits per heavy atom. The fourth-order valence-corrected chi connectivity index (χ4v) is 0.506. The van der Waals surface area contributed by atoms with Crippen molar-refractivity contribution in [2.75, 3.05) is 0 Å². The van der Waals surface area contributed by atoms with E-state index >= 15 is 0 Å². The Morgan fingerprint density at radius 1 is 1.75 bits per heavy atom. The molecule has 0 aromatic heterocycles. The lowest BCUT2D eigenvalue weighted by molar-refractivity contribution is -0.118. The van der Waals surface area contributed by atoms with Crippen molar-refractivity contribution in [1.82, 2.24) is 10.9 Å². The van der Waals surface area contributed by atoms with Gasteiger partial charge in [-0.1, -0.05) is 6.08 Å². The van der Waals surface area contributed by atoms with Crippen LogP contribution in [-0.4, -0.2) is 11.9 Å². The molecule has 0 aromatic carbocycles. The molecular weight excluding hydrogens is 104 g/mol. The molecule has 2 N–H and O–H groups in total. The summed E-state index contributed by atoms with van der Waals surface area (Å²) in [6, 6.07) is 0.257. The Kier molecular flexibility index (Phi) is 1.30. The number of carbonyl (C=O) groups excluding carboxylic acids is 1. The Bertz CT molecular complexity index is 130. The maximum atomic E-state index is 10.3. The molecule has 0 saturated carbocycles. The maximum absolute atomic E-state index is 10.3. The molecule has 1 atom stereocenters. The molecule has 1 aliphatic heterocycles. The molecule has 1 amide bonds. The van der Waals surface area contributed by atoms with E-state index in [0.29, 0.717) is 0 Å². The van der Waals surface area contributed by atoms with E-state index in [-0.39, 0.29) is 11.9 Å². The SMILES string of the molecule is C[C@@H]1C=CC(=O)NN1. The third-order valence-electron chi connectivity index (χ3n) is 0.959. The summed E-state index contributed by atoms with van der Waals surface area (Å²) in [5.74, 6) is -0.0805. The van der Waals surface area contributed by atoms with Gasteiger partial charge in [0.15, 0.2) is 0 Å². The van der Waals surface area contributed by atoms with Crippen molar-refractivity contribution in [1.29, 1.82) is 0 Å². The van der Waals surface area contributed by atoms with Crippen molar-refractivity contribution in [3.63, 3.8) is 0 Å². The van der Waals surface area contributed by atoms with E-state index in [1.165, 1.54) is 6.08 Å². The zero-order valence-electron chi connectivity index (χ0n) is 4.64. The van der Waals surface area contributed by atoms with Crippen LogP contribution in [-0.2, 0) is 4.79 Å². The molecule has 0 bridgehead atoms. The minimum absolute atomic E-state index is 0.0805. The van der Waals surface area contributed by atoms with Crippen LogP contribution in [0.15, 0.2) is 12.2 Å². The van der Waals surface area contributed by atoms with Crippen molar-refractivity contribution >= 4 is 5.91 Å². The molecule has 3 heteroatoms. The zero-order chi connectivity index (χ0) is 5.98. The molecule has 0 fully saturated rings. The van der Waals surface area contributed by atoms with Gasteiger partial charge in [0.25, 0.3) is 5.91 Å². The summed E-state index contributed by atoms with van der Waals surface area (Å²) in [6.07, 6.45) is 3.32. The second-order valence-electron chi connectivity index (χ2n) is 1.78. The molecule has 0 aliphatic carbocycles. The van der Waals surface area contributed by atoms with Crippen LogP contribution in [0.3, 0.4) is 0 Å². The predicted octanol–water partition coefficient (Wildman–Crippen LogP) is -0.435. The van der Waals surface area contributed by atoms with Gasteiger partial charge in [0.05, 0.1) is 0 Å². The number of rotatable bonds is 0. The standard InChI is InChI=1S/C5H8N2O/c1-4-2-3-5(8)7-6-4/h2-4,6H,1H3,(H,7,8)/t4-/m1/s1. The summed E-state index contributed by atoms with van der Waals surface area (Å²) in [6.45, 7) is 1.95. The Labute approximate surface area is 47.7 Å². The van der Waals surface area contributed by atoms with E-state index in [1.54, 1.807) is 6.08 Å². The lowest BCUT2D eigenvalue weighted by atomic mass is 10.3. The molecule has 1 heterocycles. The van der Waals surface area contributed by atoms with Gasteiger partial charge in [0.1, 0.15) is 0 Å². The van der Waals surface area contributed by atoms with Crippen LogP contribution < -0.4 is 10.9 Å². The minimum Gasteiger partial charge on any atom is -0.287 e. The quantitative estimate of drug-likeness (QED) is 0.446. The first-order valence-electron chi connectivity index (χ1n) is 2.53. The summed E-state index contributed by atoms with van der Waals surface area (Å²) in [7, 11) is 0. The van der Waals surface area contributed by atoms with Gasteiger partial charge in [-0.15, -0.1) is 0 Å². The van der Waals surface area contributed by atoms with Crippen molar-refractivity contribution in [2.45, 2.75) is 13.0 Å². The normalized spacial score (nSPS) is 27.6. The Morgan fingerprint density at radius 2 is 2.50 bits per heavy atom. The molecule has 0 unspecified atom stereocenters. The Balaban J connectivity index is 2.55. The molecule has 0 radical (unpaired) electrons.